The summed E-state index contributed by atoms with van der Waals surface area (Å²) in [5.41, 5.74) is 2.01. The molecule has 0 aromatic heterocycles. The summed E-state index contributed by atoms with van der Waals surface area (Å²) in [7, 11) is -3.52. The van der Waals surface area contributed by atoms with Gasteiger partial charge in [0, 0.05) is 24.7 Å². The van der Waals surface area contributed by atoms with Crippen LogP contribution in [0.3, 0.4) is 0 Å². The summed E-state index contributed by atoms with van der Waals surface area (Å²) in [6.45, 7) is 4.62. The number of halogens is 1. The van der Waals surface area contributed by atoms with Crippen LogP contribution < -0.4 is 10.0 Å². The van der Waals surface area contributed by atoms with Crippen LogP contribution in [0.25, 0.3) is 0 Å². The standard InChI is InChI=1S/C22H28ClN3O3S/c1-17-4-10-21(11-5-17)30(28,29)25-14-19-3-2-12-26(15-19)16-22(27)24-13-18-6-8-20(23)9-7-18/h4-11,19,25H,2-3,12-16H2,1H3,(H,24,27). The molecule has 1 amide bonds. The highest BCUT2D eigenvalue weighted by Crippen LogP contribution is 2.17. The van der Waals surface area contributed by atoms with Crippen molar-refractivity contribution < 1.29 is 13.2 Å². The number of benzene rings is 2. The second-order valence-electron chi connectivity index (χ2n) is 7.81. The van der Waals surface area contributed by atoms with Crippen LogP contribution in [-0.2, 0) is 21.4 Å². The van der Waals surface area contributed by atoms with E-state index in [2.05, 4.69) is 14.9 Å². The van der Waals surface area contributed by atoms with Crippen LogP contribution >= 0.6 is 11.6 Å². The van der Waals surface area contributed by atoms with Gasteiger partial charge in [0.05, 0.1) is 11.4 Å². The molecule has 0 radical (unpaired) electrons. The average molecular weight is 450 g/mol. The monoisotopic (exact) mass is 449 g/mol. The normalized spacial score (nSPS) is 17.6. The number of rotatable bonds is 8. The van der Waals surface area contributed by atoms with Gasteiger partial charge < -0.3 is 5.32 Å². The maximum absolute atomic E-state index is 12.5. The Morgan fingerprint density at radius 3 is 2.53 bits per heavy atom. The maximum atomic E-state index is 12.5. The first-order valence-electron chi connectivity index (χ1n) is 10.1. The number of amides is 1. The number of nitrogens with one attached hydrogen (secondary N) is 2. The number of hydrogen-bond acceptors (Lipinski definition) is 4. The molecule has 0 bridgehead atoms. The largest absolute Gasteiger partial charge is 0.351 e. The van der Waals surface area contributed by atoms with Crippen molar-refractivity contribution in [2.75, 3.05) is 26.2 Å². The zero-order chi connectivity index (χ0) is 21.6. The third-order valence-electron chi connectivity index (χ3n) is 5.27. The Morgan fingerprint density at radius 1 is 1.13 bits per heavy atom. The van der Waals surface area contributed by atoms with E-state index in [0.29, 0.717) is 31.2 Å². The second-order valence-corrected chi connectivity index (χ2v) is 10.0. The van der Waals surface area contributed by atoms with Crippen LogP contribution in [0.2, 0.25) is 5.02 Å². The van der Waals surface area contributed by atoms with E-state index >= 15 is 0 Å². The molecule has 2 aromatic carbocycles. The molecule has 1 unspecified atom stereocenters. The van der Waals surface area contributed by atoms with Gasteiger partial charge in [0.2, 0.25) is 15.9 Å². The Hall–Kier alpha value is -1.93. The lowest BCUT2D eigenvalue weighted by Gasteiger charge is -2.32. The third-order valence-corrected chi connectivity index (χ3v) is 6.96. The molecule has 1 fully saturated rings. The number of hydrogen-bond donors (Lipinski definition) is 2. The summed E-state index contributed by atoms with van der Waals surface area (Å²) in [4.78, 5) is 14.7. The van der Waals surface area contributed by atoms with E-state index in [9.17, 15) is 13.2 Å². The molecule has 2 aromatic rings. The van der Waals surface area contributed by atoms with Gasteiger partial charge in [0.15, 0.2) is 0 Å². The van der Waals surface area contributed by atoms with Crippen LogP contribution in [-0.4, -0.2) is 45.4 Å². The lowest BCUT2D eigenvalue weighted by atomic mass is 9.98. The maximum Gasteiger partial charge on any atom is 0.240 e. The van der Waals surface area contributed by atoms with Crippen molar-refractivity contribution in [3.8, 4) is 0 Å². The van der Waals surface area contributed by atoms with Gasteiger partial charge in [0.1, 0.15) is 0 Å². The van der Waals surface area contributed by atoms with Crippen LogP contribution in [0.1, 0.15) is 24.0 Å². The fourth-order valence-corrected chi connectivity index (χ4v) is 4.79. The average Bonchev–Trinajstić information content (AvgIpc) is 2.73. The van der Waals surface area contributed by atoms with E-state index in [-0.39, 0.29) is 16.7 Å². The van der Waals surface area contributed by atoms with Gasteiger partial charge in [-0.3, -0.25) is 9.69 Å². The Bertz CT molecular complexity index is 947. The summed E-state index contributed by atoms with van der Waals surface area (Å²) in [6, 6.07) is 14.2. The topological polar surface area (TPSA) is 78.5 Å². The molecule has 6 nitrogen and oxygen atoms in total. The van der Waals surface area contributed by atoms with E-state index in [1.165, 1.54) is 0 Å². The van der Waals surface area contributed by atoms with Gasteiger partial charge >= 0.3 is 0 Å². The molecule has 1 atom stereocenters. The first-order chi connectivity index (χ1) is 14.3. The number of nitrogens with zero attached hydrogens (tertiary/aromatic N) is 1. The van der Waals surface area contributed by atoms with Crippen molar-refractivity contribution in [2.45, 2.75) is 31.2 Å². The van der Waals surface area contributed by atoms with Gasteiger partial charge in [-0.05, 0) is 62.1 Å². The summed E-state index contributed by atoms with van der Waals surface area (Å²) in [6.07, 6.45) is 1.89. The van der Waals surface area contributed by atoms with Gasteiger partial charge in [-0.25, -0.2) is 13.1 Å². The summed E-state index contributed by atoms with van der Waals surface area (Å²) < 4.78 is 27.7. The van der Waals surface area contributed by atoms with Crippen molar-refractivity contribution in [3.63, 3.8) is 0 Å². The van der Waals surface area contributed by atoms with Crippen LogP contribution in [0.4, 0.5) is 0 Å². The molecule has 3 rings (SSSR count). The minimum atomic E-state index is -3.52. The Kier molecular flexibility index (Phi) is 7.88. The van der Waals surface area contributed by atoms with Crippen molar-refractivity contribution in [2.24, 2.45) is 5.92 Å². The molecule has 1 saturated heterocycles. The number of carbonyl (C=O) groups excluding carboxylic acids is 1. The first kappa shape index (κ1) is 22.7. The molecule has 1 heterocycles. The molecular weight excluding hydrogens is 422 g/mol. The minimum Gasteiger partial charge on any atom is -0.351 e. The lowest BCUT2D eigenvalue weighted by Crippen LogP contribution is -2.45. The molecule has 1 aliphatic heterocycles. The summed E-state index contributed by atoms with van der Waals surface area (Å²) in [5.74, 6) is 0.147. The number of sulfonamides is 1. The van der Waals surface area contributed by atoms with E-state index in [4.69, 9.17) is 11.6 Å². The highest BCUT2D eigenvalue weighted by molar-refractivity contribution is 7.89. The van der Waals surface area contributed by atoms with E-state index < -0.39 is 10.0 Å². The fourth-order valence-electron chi connectivity index (χ4n) is 3.55. The van der Waals surface area contributed by atoms with Crippen molar-refractivity contribution in [3.05, 3.63) is 64.7 Å². The van der Waals surface area contributed by atoms with Crippen molar-refractivity contribution in [1.29, 1.82) is 0 Å². The van der Waals surface area contributed by atoms with Crippen molar-refractivity contribution >= 4 is 27.5 Å². The summed E-state index contributed by atoms with van der Waals surface area (Å²) in [5, 5.41) is 3.60. The molecule has 8 heteroatoms. The first-order valence-corrected chi connectivity index (χ1v) is 12.0. The van der Waals surface area contributed by atoms with Crippen LogP contribution in [0, 0.1) is 12.8 Å². The number of aryl methyl sites for hydroxylation is 1. The molecule has 2 N–H and O–H groups in total. The number of piperidine rings is 1. The smallest absolute Gasteiger partial charge is 0.240 e. The second kappa shape index (κ2) is 10.4. The molecule has 0 aliphatic carbocycles. The fraction of sp³-hybridized carbons (Fsp3) is 0.409. The predicted molar refractivity (Wildman–Crippen MR) is 119 cm³/mol. The Balaban J connectivity index is 1.44. The minimum absolute atomic E-state index is 0.0363. The molecule has 1 aliphatic rings. The molecular formula is C22H28ClN3O3S. The molecule has 0 spiro atoms. The van der Waals surface area contributed by atoms with Crippen LogP contribution in [0.15, 0.2) is 53.4 Å². The van der Waals surface area contributed by atoms with E-state index in [0.717, 1.165) is 30.5 Å². The zero-order valence-electron chi connectivity index (χ0n) is 17.1. The molecule has 0 saturated carbocycles. The Labute approximate surface area is 183 Å². The SMILES string of the molecule is Cc1ccc(S(=O)(=O)NCC2CCCN(CC(=O)NCc3ccc(Cl)cc3)C2)cc1. The van der Waals surface area contributed by atoms with Gasteiger partial charge in [-0.1, -0.05) is 41.4 Å². The number of likely N-dealkylation sites (tertiary alicyclic amines) is 1. The van der Waals surface area contributed by atoms with Gasteiger partial charge in [0.25, 0.3) is 0 Å². The summed E-state index contributed by atoms with van der Waals surface area (Å²) >= 11 is 5.87. The van der Waals surface area contributed by atoms with Crippen molar-refractivity contribution in [1.82, 2.24) is 14.9 Å². The molecule has 30 heavy (non-hydrogen) atoms. The van der Waals surface area contributed by atoms with Gasteiger partial charge in [-0.15, -0.1) is 0 Å². The van der Waals surface area contributed by atoms with E-state index in [1.807, 2.05) is 19.1 Å². The van der Waals surface area contributed by atoms with Crippen LogP contribution in [0.5, 0.6) is 0 Å². The third kappa shape index (κ3) is 6.80. The lowest BCUT2D eigenvalue weighted by molar-refractivity contribution is -0.122. The highest BCUT2D eigenvalue weighted by atomic mass is 35.5. The highest BCUT2D eigenvalue weighted by Gasteiger charge is 2.23. The number of carbonyl (C=O) groups is 1. The zero-order valence-corrected chi connectivity index (χ0v) is 18.7. The van der Waals surface area contributed by atoms with Gasteiger partial charge in [-0.2, -0.15) is 0 Å². The van der Waals surface area contributed by atoms with E-state index in [1.54, 1.807) is 36.4 Å². The molecule has 162 valence electrons. The Morgan fingerprint density at radius 2 is 1.83 bits per heavy atom. The predicted octanol–water partition coefficient (Wildman–Crippen LogP) is 2.96. The quantitative estimate of drug-likeness (QED) is 0.649.